The Morgan fingerprint density at radius 1 is 1.40 bits per heavy atom. The molecule has 1 aromatic heterocycles. The molecule has 0 spiro atoms. The fraction of sp³-hybridized carbons (Fsp3) is 0.417. The van der Waals surface area contributed by atoms with Crippen molar-refractivity contribution in [2.24, 2.45) is 5.92 Å². The van der Waals surface area contributed by atoms with Crippen LogP contribution in [-0.4, -0.2) is 17.6 Å². The summed E-state index contributed by atoms with van der Waals surface area (Å²) in [5.74, 6) is 0.489. The Hall–Kier alpha value is -1.22. The van der Waals surface area contributed by atoms with Crippen LogP contribution in [0, 0.1) is 11.7 Å². The van der Waals surface area contributed by atoms with E-state index < -0.39 is 0 Å². The first-order valence-electron chi connectivity index (χ1n) is 5.39. The van der Waals surface area contributed by atoms with E-state index in [-0.39, 0.29) is 5.82 Å². The average molecular weight is 204 g/mol. The largest absolute Gasteiger partial charge is 0.309 e. The molecule has 0 amide bonds. The molecule has 0 radical (unpaired) electrons. The van der Waals surface area contributed by atoms with Gasteiger partial charge in [0.2, 0.25) is 0 Å². The zero-order valence-electron chi connectivity index (χ0n) is 8.41. The fourth-order valence-electron chi connectivity index (χ4n) is 2.48. The summed E-state index contributed by atoms with van der Waals surface area (Å²) < 4.78 is 13.1. The Balaban J connectivity index is 1.96. The van der Waals surface area contributed by atoms with E-state index in [0.29, 0.717) is 6.04 Å². The average Bonchev–Trinajstić information content (AvgIpc) is 2.19. The van der Waals surface area contributed by atoms with Crippen LogP contribution in [0.15, 0.2) is 24.5 Å². The maximum atomic E-state index is 13.1. The first kappa shape index (κ1) is 9.04. The van der Waals surface area contributed by atoms with Gasteiger partial charge in [0.25, 0.3) is 0 Å². The second-order valence-corrected chi connectivity index (χ2v) is 4.27. The van der Waals surface area contributed by atoms with Crippen molar-refractivity contribution in [3.05, 3.63) is 35.9 Å². The Morgan fingerprint density at radius 2 is 2.33 bits per heavy atom. The molecular weight excluding hydrogens is 191 g/mol. The quantitative estimate of drug-likeness (QED) is 0.756. The van der Waals surface area contributed by atoms with Crippen LogP contribution in [0.5, 0.6) is 0 Å². The number of nitrogens with zero attached hydrogens (tertiary/aromatic N) is 1. The van der Waals surface area contributed by atoms with Crippen LogP contribution in [0.25, 0.3) is 5.57 Å². The van der Waals surface area contributed by atoms with Gasteiger partial charge in [0.15, 0.2) is 0 Å². The first-order chi connectivity index (χ1) is 7.34. The minimum Gasteiger partial charge on any atom is -0.309 e. The molecule has 2 unspecified atom stereocenters. The summed E-state index contributed by atoms with van der Waals surface area (Å²) in [6.45, 7) is 1.10. The fourth-order valence-corrected chi connectivity index (χ4v) is 2.48. The van der Waals surface area contributed by atoms with Crippen LogP contribution in [0.2, 0.25) is 0 Å². The molecule has 15 heavy (non-hydrogen) atoms. The number of fused-ring (bicyclic) bond motifs is 1. The smallest absolute Gasteiger partial charge is 0.142 e. The number of rotatable bonds is 1. The van der Waals surface area contributed by atoms with Gasteiger partial charge >= 0.3 is 0 Å². The van der Waals surface area contributed by atoms with E-state index in [0.717, 1.165) is 24.4 Å². The van der Waals surface area contributed by atoms with Gasteiger partial charge in [0.05, 0.1) is 6.20 Å². The Morgan fingerprint density at radius 3 is 3.07 bits per heavy atom. The van der Waals surface area contributed by atoms with E-state index in [1.54, 1.807) is 12.3 Å². The Labute approximate surface area is 88.2 Å². The van der Waals surface area contributed by atoms with Crippen molar-refractivity contribution in [2.75, 3.05) is 6.54 Å². The summed E-state index contributed by atoms with van der Waals surface area (Å²) in [6, 6.07) is 2.00. The minimum atomic E-state index is -0.255. The van der Waals surface area contributed by atoms with Crippen molar-refractivity contribution in [1.29, 1.82) is 0 Å². The van der Waals surface area contributed by atoms with Crippen molar-refractivity contribution >= 4 is 5.57 Å². The van der Waals surface area contributed by atoms with E-state index in [2.05, 4.69) is 16.4 Å². The summed E-state index contributed by atoms with van der Waals surface area (Å²) in [6.07, 6.45) is 7.57. The molecule has 2 nitrogen and oxygen atoms in total. The van der Waals surface area contributed by atoms with E-state index in [1.807, 2.05) is 0 Å². The third kappa shape index (κ3) is 1.47. The maximum absolute atomic E-state index is 13.1. The van der Waals surface area contributed by atoms with Crippen molar-refractivity contribution in [1.82, 2.24) is 10.3 Å². The van der Waals surface area contributed by atoms with Gasteiger partial charge in [0, 0.05) is 24.3 Å². The van der Waals surface area contributed by atoms with Gasteiger partial charge in [-0.15, -0.1) is 0 Å². The molecule has 3 heteroatoms. The van der Waals surface area contributed by atoms with Gasteiger partial charge in [-0.1, -0.05) is 6.08 Å². The second-order valence-electron chi connectivity index (χ2n) is 4.27. The van der Waals surface area contributed by atoms with Crippen LogP contribution >= 0.6 is 0 Å². The summed E-state index contributed by atoms with van der Waals surface area (Å²) in [4.78, 5) is 3.90. The molecule has 2 heterocycles. The number of aromatic nitrogens is 1. The van der Waals surface area contributed by atoms with Crippen LogP contribution in [-0.2, 0) is 0 Å². The summed E-state index contributed by atoms with van der Waals surface area (Å²) in [5.41, 5.74) is 2.15. The summed E-state index contributed by atoms with van der Waals surface area (Å²) in [5, 5.41) is 3.40. The van der Waals surface area contributed by atoms with Crippen LogP contribution in [0.1, 0.15) is 18.4 Å². The maximum Gasteiger partial charge on any atom is 0.142 e. The molecule has 2 atom stereocenters. The van der Waals surface area contributed by atoms with Gasteiger partial charge in [-0.05, 0) is 30.4 Å². The molecule has 1 N–H and O–H groups in total. The number of hydrogen-bond acceptors (Lipinski definition) is 2. The van der Waals surface area contributed by atoms with E-state index in [1.165, 1.54) is 18.2 Å². The van der Waals surface area contributed by atoms with Crippen molar-refractivity contribution in [3.8, 4) is 0 Å². The van der Waals surface area contributed by atoms with Crippen molar-refractivity contribution < 1.29 is 4.39 Å². The second kappa shape index (κ2) is 3.42. The van der Waals surface area contributed by atoms with Crippen LogP contribution in [0.3, 0.4) is 0 Å². The van der Waals surface area contributed by atoms with Crippen molar-refractivity contribution in [2.45, 2.75) is 18.9 Å². The molecule has 1 aromatic rings. The zero-order valence-corrected chi connectivity index (χ0v) is 8.41. The monoisotopic (exact) mass is 204 g/mol. The Bertz CT molecular complexity index is 414. The van der Waals surface area contributed by atoms with E-state index in [4.69, 9.17) is 0 Å². The van der Waals surface area contributed by atoms with Crippen LogP contribution < -0.4 is 5.32 Å². The number of allylic oxidation sites excluding steroid dienone is 1. The highest BCUT2D eigenvalue weighted by atomic mass is 19.1. The number of hydrogen-bond donors (Lipinski definition) is 1. The van der Waals surface area contributed by atoms with E-state index >= 15 is 0 Å². The summed E-state index contributed by atoms with van der Waals surface area (Å²) in [7, 11) is 0. The lowest BCUT2D eigenvalue weighted by atomic mass is 9.76. The topological polar surface area (TPSA) is 24.9 Å². The van der Waals surface area contributed by atoms with Gasteiger partial charge in [-0.25, -0.2) is 4.39 Å². The van der Waals surface area contributed by atoms with Crippen molar-refractivity contribution in [3.63, 3.8) is 0 Å². The molecule has 2 aliphatic rings. The van der Waals surface area contributed by atoms with Gasteiger partial charge in [-0.2, -0.15) is 0 Å². The first-order valence-corrected chi connectivity index (χ1v) is 5.39. The normalized spacial score (nSPS) is 29.0. The predicted octanol–water partition coefficient (Wildman–Crippen LogP) is 1.99. The third-order valence-electron chi connectivity index (χ3n) is 3.35. The standard InChI is InChI=1S/C12H13FN2/c13-10-4-9(5-14-7-10)11-3-1-2-8-6-15-12(8)11/h3-5,7-8,12,15H,1-2,6H2. The zero-order chi connectivity index (χ0) is 10.3. The summed E-state index contributed by atoms with van der Waals surface area (Å²) >= 11 is 0. The van der Waals surface area contributed by atoms with Gasteiger partial charge in [0.1, 0.15) is 5.82 Å². The number of halogens is 1. The molecule has 1 fully saturated rings. The third-order valence-corrected chi connectivity index (χ3v) is 3.35. The van der Waals surface area contributed by atoms with E-state index in [9.17, 15) is 4.39 Å². The molecule has 1 saturated heterocycles. The minimum absolute atomic E-state index is 0.255. The van der Waals surface area contributed by atoms with Gasteiger partial charge < -0.3 is 5.32 Å². The molecule has 0 aromatic carbocycles. The lowest BCUT2D eigenvalue weighted by Gasteiger charge is -2.42. The van der Waals surface area contributed by atoms with Gasteiger partial charge in [-0.3, -0.25) is 4.98 Å². The number of nitrogens with one attached hydrogen (secondary N) is 1. The lowest BCUT2D eigenvalue weighted by Crippen LogP contribution is -2.54. The number of pyridine rings is 1. The highest BCUT2D eigenvalue weighted by Crippen LogP contribution is 2.35. The Kier molecular flexibility index (Phi) is 2.06. The molecule has 3 rings (SSSR count). The lowest BCUT2D eigenvalue weighted by molar-refractivity contribution is 0.262. The molecular formula is C12H13FN2. The predicted molar refractivity (Wildman–Crippen MR) is 56.7 cm³/mol. The molecule has 1 aliphatic carbocycles. The van der Waals surface area contributed by atoms with Crippen LogP contribution in [0.4, 0.5) is 4.39 Å². The highest BCUT2D eigenvalue weighted by molar-refractivity contribution is 5.71. The molecule has 0 saturated carbocycles. The highest BCUT2D eigenvalue weighted by Gasteiger charge is 2.35. The molecule has 0 bridgehead atoms. The SMILES string of the molecule is Fc1cncc(C2=CCCC3CNC23)c1. The molecule has 1 aliphatic heterocycles. The molecule has 78 valence electrons.